The molecule has 1 fully saturated rings. The number of nitrogens with zero attached hydrogens (tertiary/aromatic N) is 1. The van der Waals surface area contributed by atoms with Gasteiger partial charge in [-0.2, -0.15) is 0 Å². The number of rotatable bonds is 6. The van der Waals surface area contributed by atoms with Crippen molar-refractivity contribution >= 4 is 12.0 Å². The summed E-state index contributed by atoms with van der Waals surface area (Å²) in [6.07, 6.45) is 6.99. The van der Waals surface area contributed by atoms with Crippen LogP contribution in [0.25, 0.3) is 6.08 Å². The summed E-state index contributed by atoms with van der Waals surface area (Å²) in [6.45, 7) is 3.87. The van der Waals surface area contributed by atoms with Crippen LogP contribution in [-0.4, -0.2) is 23.9 Å². The third-order valence-electron chi connectivity index (χ3n) is 4.62. The van der Waals surface area contributed by atoms with Crippen LogP contribution in [0, 0.1) is 5.82 Å². The van der Waals surface area contributed by atoms with Gasteiger partial charge in [-0.3, -0.25) is 9.69 Å². The van der Waals surface area contributed by atoms with Crippen LogP contribution in [-0.2, 0) is 17.9 Å². The molecule has 0 spiro atoms. The quantitative estimate of drug-likeness (QED) is 0.793. The summed E-state index contributed by atoms with van der Waals surface area (Å²) in [5.41, 5.74) is 3.05. The van der Waals surface area contributed by atoms with Crippen LogP contribution in [0.3, 0.4) is 0 Å². The standard InChI is InChI=1S/C22H25FN2O/c23-21-6-4-5-18(15-21)11-12-22(26)24-16-19-7-9-20(10-8-19)17-25-13-2-1-3-14-25/h4-12,15H,1-3,13-14,16-17H2,(H,24,26)/b12-11+. The smallest absolute Gasteiger partial charge is 0.244 e. The molecule has 1 aliphatic heterocycles. The average Bonchev–Trinajstić information content (AvgIpc) is 2.67. The summed E-state index contributed by atoms with van der Waals surface area (Å²) in [7, 11) is 0. The van der Waals surface area contributed by atoms with E-state index >= 15 is 0 Å². The van der Waals surface area contributed by atoms with E-state index < -0.39 is 0 Å². The van der Waals surface area contributed by atoms with Crippen molar-refractivity contribution in [3.63, 3.8) is 0 Å². The molecule has 2 aromatic carbocycles. The summed E-state index contributed by atoms with van der Waals surface area (Å²) in [5, 5.41) is 2.85. The molecule has 1 saturated heterocycles. The highest BCUT2D eigenvalue weighted by molar-refractivity contribution is 5.91. The molecule has 3 rings (SSSR count). The summed E-state index contributed by atoms with van der Waals surface area (Å²) in [5.74, 6) is -0.496. The van der Waals surface area contributed by atoms with E-state index in [1.165, 1.54) is 56.1 Å². The second-order valence-electron chi connectivity index (χ2n) is 6.76. The van der Waals surface area contributed by atoms with Gasteiger partial charge in [0, 0.05) is 19.2 Å². The first kappa shape index (κ1) is 18.3. The van der Waals surface area contributed by atoms with Crippen molar-refractivity contribution in [3.05, 3.63) is 77.1 Å². The highest BCUT2D eigenvalue weighted by atomic mass is 19.1. The van der Waals surface area contributed by atoms with E-state index in [4.69, 9.17) is 0 Å². The van der Waals surface area contributed by atoms with Gasteiger partial charge < -0.3 is 5.32 Å². The maximum Gasteiger partial charge on any atom is 0.244 e. The van der Waals surface area contributed by atoms with Crippen molar-refractivity contribution in [2.45, 2.75) is 32.4 Å². The number of halogens is 1. The minimum Gasteiger partial charge on any atom is -0.348 e. The predicted molar refractivity (Wildman–Crippen MR) is 103 cm³/mol. The summed E-state index contributed by atoms with van der Waals surface area (Å²) in [4.78, 5) is 14.4. The molecule has 0 atom stereocenters. The Morgan fingerprint density at radius 2 is 1.77 bits per heavy atom. The van der Waals surface area contributed by atoms with Crippen LogP contribution in [0.4, 0.5) is 4.39 Å². The lowest BCUT2D eigenvalue weighted by Crippen LogP contribution is -2.29. The van der Waals surface area contributed by atoms with Gasteiger partial charge in [0.05, 0.1) is 0 Å². The molecule has 26 heavy (non-hydrogen) atoms. The van der Waals surface area contributed by atoms with Crippen molar-refractivity contribution in [1.29, 1.82) is 0 Å². The molecule has 0 bridgehead atoms. The highest BCUT2D eigenvalue weighted by Gasteiger charge is 2.10. The van der Waals surface area contributed by atoms with Crippen molar-refractivity contribution in [1.82, 2.24) is 10.2 Å². The topological polar surface area (TPSA) is 32.3 Å². The van der Waals surface area contributed by atoms with E-state index in [9.17, 15) is 9.18 Å². The zero-order chi connectivity index (χ0) is 18.2. The fourth-order valence-corrected chi connectivity index (χ4v) is 3.17. The maximum absolute atomic E-state index is 13.1. The van der Waals surface area contributed by atoms with Crippen molar-refractivity contribution in [2.24, 2.45) is 0 Å². The first-order valence-electron chi connectivity index (χ1n) is 9.21. The van der Waals surface area contributed by atoms with Crippen LogP contribution in [0.1, 0.15) is 36.0 Å². The van der Waals surface area contributed by atoms with Gasteiger partial charge in [-0.15, -0.1) is 0 Å². The Kier molecular flexibility index (Phi) is 6.56. The van der Waals surface area contributed by atoms with Gasteiger partial charge in [0.15, 0.2) is 0 Å². The number of carbonyl (C=O) groups excluding carboxylic acids is 1. The van der Waals surface area contributed by atoms with E-state index in [0.29, 0.717) is 12.1 Å². The zero-order valence-electron chi connectivity index (χ0n) is 15.0. The Bertz CT molecular complexity index is 749. The van der Waals surface area contributed by atoms with Gasteiger partial charge in [0.25, 0.3) is 0 Å². The second-order valence-corrected chi connectivity index (χ2v) is 6.76. The number of nitrogens with one attached hydrogen (secondary N) is 1. The van der Waals surface area contributed by atoms with E-state index in [1.807, 2.05) is 0 Å². The van der Waals surface area contributed by atoms with Crippen molar-refractivity contribution in [2.75, 3.05) is 13.1 Å². The monoisotopic (exact) mass is 352 g/mol. The lowest BCUT2D eigenvalue weighted by Gasteiger charge is -2.26. The van der Waals surface area contributed by atoms with Gasteiger partial charge >= 0.3 is 0 Å². The van der Waals surface area contributed by atoms with E-state index in [0.717, 1.165) is 12.1 Å². The molecule has 0 aromatic heterocycles. The Morgan fingerprint density at radius 3 is 2.50 bits per heavy atom. The number of hydrogen-bond acceptors (Lipinski definition) is 2. The van der Waals surface area contributed by atoms with Crippen molar-refractivity contribution < 1.29 is 9.18 Å². The molecule has 0 unspecified atom stereocenters. The number of piperidine rings is 1. The third-order valence-corrected chi connectivity index (χ3v) is 4.62. The van der Waals surface area contributed by atoms with Gasteiger partial charge in [0.1, 0.15) is 5.82 Å². The minimum atomic E-state index is -0.308. The minimum absolute atomic E-state index is 0.188. The molecule has 1 N–H and O–H groups in total. The fourth-order valence-electron chi connectivity index (χ4n) is 3.17. The SMILES string of the molecule is O=C(/C=C/c1cccc(F)c1)NCc1ccc(CN2CCCCC2)cc1. The van der Waals surface area contributed by atoms with Crippen LogP contribution in [0.2, 0.25) is 0 Å². The van der Waals surface area contributed by atoms with Crippen molar-refractivity contribution in [3.8, 4) is 0 Å². The Balaban J connectivity index is 1.45. The van der Waals surface area contributed by atoms with E-state index in [2.05, 4.69) is 34.5 Å². The molecule has 3 nitrogen and oxygen atoms in total. The molecular formula is C22H25FN2O. The molecule has 0 radical (unpaired) electrons. The molecule has 0 saturated carbocycles. The molecule has 2 aromatic rings. The third kappa shape index (κ3) is 5.81. The molecule has 0 aliphatic carbocycles. The predicted octanol–water partition coefficient (Wildman–Crippen LogP) is 4.14. The van der Waals surface area contributed by atoms with Gasteiger partial charge in [0.2, 0.25) is 5.91 Å². The second kappa shape index (κ2) is 9.30. The highest BCUT2D eigenvalue weighted by Crippen LogP contribution is 2.13. The largest absolute Gasteiger partial charge is 0.348 e. The number of likely N-dealkylation sites (tertiary alicyclic amines) is 1. The number of amides is 1. The molecule has 1 heterocycles. The fraction of sp³-hybridized carbons (Fsp3) is 0.318. The summed E-state index contributed by atoms with van der Waals surface area (Å²) < 4.78 is 13.1. The summed E-state index contributed by atoms with van der Waals surface area (Å²) >= 11 is 0. The van der Waals surface area contributed by atoms with Crippen LogP contribution in [0.5, 0.6) is 0 Å². The molecular weight excluding hydrogens is 327 g/mol. The number of carbonyl (C=O) groups is 1. The average molecular weight is 352 g/mol. The van der Waals surface area contributed by atoms with Gasteiger partial charge in [-0.25, -0.2) is 4.39 Å². The first-order chi connectivity index (χ1) is 12.7. The number of hydrogen-bond donors (Lipinski definition) is 1. The molecule has 1 aliphatic rings. The normalized spacial score (nSPS) is 15.3. The van der Waals surface area contributed by atoms with Gasteiger partial charge in [-0.1, -0.05) is 42.8 Å². The zero-order valence-corrected chi connectivity index (χ0v) is 15.0. The van der Waals surface area contributed by atoms with Crippen LogP contribution >= 0.6 is 0 Å². The van der Waals surface area contributed by atoms with Crippen LogP contribution < -0.4 is 5.32 Å². The summed E-state index contributed by atoms with van der Waals surface area (Å²) in [6, 6.07) is 14.6. The lowest BCUT2D eigenvalue weighted by molar-refractivity contribution is -0.116. The van der Waals surface area contributed by atoms with Crippen LogP contribution in [0.15, 0.2) is 54.6 Å². The van der Waals surface area contributed by atoms with E-state index in [-0.39, 0.29) is 11.7 Å². The molecule has 1 amide bonds. The Morgan fingerprint density at radius 1 is 1.04 bits per heavy atom. The maximum atomic E-state index is 13.1. The lowest BCUT2D eigenvalue weighted by atomic mass is 10.1. The number of benzene rings is 2. The first-order valence-corrected chi connectivity index (χ1v) is 9.21. The van der Waals surface area contributed by atoms with E-state index in [1.54, 1.807) is 18.2 Å². The Hall–Kier alpha value is -2.46. The molecule has 136 valence electrons. The molecule has 4 heteroatoms. The van der Waals surface area contributed by atoms with Gasteiger partial charge in [-0.05, 0) is 60.8 Å². The Labute approximate surface area is 154 Å².